The highest BCUT2D eigenvalue weighted by atomic mass is 16.5. The molecule has 0 heterocycles. The lowest BCUT2D eigenvalue weighted by Gasteiger charge is -2.14. The van der Waals surface area contributed by atoms with Gasteiger partial charge in [-0.25, -0.2) is 4.79 Å². The molecule has 172 valence electrons. The van der Waals surface area contributed by atoms with Gasteiger partial charge in [-0.1, -0.05) is 36.4 Å². The Kier molecular flexibility index (Phi) is 7.67. The van der Waals surface area contributed by atoms with Crippen molar-refractivity contribution in [3.05, 3.63) is 94.1 Å². The first-order chi connectivity index (χ1) is 16.3. The second-order valence-electron chi connectivity index (χ2n) is 7.54. The van der Waals surface area contributed by atoms with Gasteiger partial charge in [0.2, 0.25) is 0 Å². The van der Waals surface area contributed by atoms with Crippen LogP contribution in [0.15, 0.2) is 66.2 Å². The molecule has 0 unspecified atom stereocenters. The fourth-order valence-electron chi connectivity index (χ4n) is 3.24. The van der Waals surface area contributed by atoms with Crippen LogP contribution in [0.3, 0.4) is 0 Å². The van der Waals surface area contributed by atoms with E-state index >= 15 is 0 Å². The summed E-state index contributed by atoms with van der Waals surface area (Å²) >= 11 is 0. The van der Waals surface area contributed by atoms with Gasteiger partial charge in [0.05, 0.1) is 12.7 Å². The van der Waals surface area contributed by atoms with Crippen LogP contribution >= 0.6 is 0 Å². The zero-order valence-corrected chi connectivity index (χ0v) is 19.1. The molecule has 7 nitrogen and oxygen atoms in total. The fraction of sp³-hybridized carbons (Fsp3) is 0.148. The third-order valence-electron chi connectivity index (χ3n) is 5.33. The minimum Gasteiger partial charge on any atom is -0.493 e. The first-order valence-electron chi connectivity index (χ1n) is 10.5. The van der Waals surface area contributed by atoms with Crippen molar-refractivity contribution in [2.24, 2.45) is 0 Å². The summed E-state index contributed by atoms with van der Waals surface area (Å²) in [7, 11) is 1.50. The highest BCUT2D eigenvalue weighted by Crippen LogP contribution is 2.33. The van der Waals surface area contributed by atoms with Crippen LogP contribution in [-0.4, -0.2) is 24.1 Å². The number of nitriles is 1. The SMILES string of the molecule is COc1cccc(/C=C(/C#N)C(=O)Nc2cccc(C)c2C)c1OCc1ccc(C(=O)O)cc1. The van der Waals surface area contributed by atoms with E-state index in [0.717, 1.165) is 16.7 Å². The lowest BCUT2D eigenvalue weighted by atomic mass is 10.1. The van der Waals surface area contributed by atoms with Gasteiger partial charge in [-0.05, 0) is 60.9 Å². The molecule has 0 saturated heterocycles. The maximum absolute atomic E-state index is 12.8. The van der Waals surface area contributed by atoms with Gasteiger partial charge < -0.3 is 19.9 Å². The Labute approximate surface area is 197 Å². The van der Waals surface area contributed by atoms with Crippen molar-refractivity contribution in [3.8, 4) is 17.6 Å². The molecule has 3 aromatic rings. The lowest BCUT2D eigenvalue weighted by molar-refractivity contribution is -0.112. The molecule has 0 spiro atoms. The Bertz CT molecular complexity index is 1290. The first kappa shape index (κ1) is 24.1. The number of methoxy groups -OCH3 is 1. The number of nitrogens with one attached hydrogen (secondary N) is 1. The maximum Gasteiger partial charge on any atom is 0.335 e. The third kappa shape index (κ3) is 5.61. The summed E-state index contributed by atoms with van der Waals surface area (Å²) in [6, 6.07) is 19.0. The quantitative estimate of drug-likeness (QED) is 0.359. The summed E-state index contributed by atoms with van der Waals surface area (Å²) in [4.78, 5) is 23.9. The van der Waals surface area contributed by atoms with E-state index in [0.29, 0.717) is 22.7 Å². The molecule has 0 atom stereocenters. The van der Waals surface area contributed by atoms with E-state index in [-0.39, 0.29) is 17.7 Å². The number of carbonyl (C=O) groups excluding carboxylic acids is 1. The number of aryl methyl sites for hydroxylation is 1. The van der Waals surface area contributed by atoms with Crippen LogP contribution in [0.4, 0.5) is 5.69 Å². The van der Waals surface area contributed by atoms with E-state index in [2.05, 4.69) is 5.32 Å². The molecule has 0 aliphatic rings. The summed E-state index contributed by atoms with van der Waals surface area (Å²) in [6.07, 6.45) is 1.45. The fourth-order valence-corrected chi connectivity index (χ4v) is 3.24. The number of benzene rings is 3. The molecule has 0 bridgehead atoms. The van der Waals surface area contributed by atoms with Crippen molar-refractivity contribution in [2.45, 2.75) is 20.5 Å². The summed E-state index contributed by atoms with van der Waals surface area (Å²) in [6.45, 7) is 3.98. The van der Waals surface area contributed by atoms with Crippen molar-refractivity contribution in [3.63, 3.8) is 0 Å². The van der Waals surface area contributed by atoms with Crippen LogP contribution < -0.4 is 14.8 Å². The van der Waals surface area contributed by atoms with E-state index in [1.165, 1.54) is 25.3 Å². The van der Waals surface area contributed by atoms with Crippen molar-refractivity contribution < 1.29 is 24.2 Å². The van der Waals surface area contributed by atoms with Gasteiger partial charge in [0.25, 0.3) is 5.91 Å². The smallest absolute Gasteiger partial charge is 0.335 e. The number of amides is 1. The van der Waals surface area contributed by atoms with E-state index in [1.54, 1.807) is 36.4 Å². The van der Waals surface area contributed by atoms with Gasteiger partial charge in [0, 0.05) is 11.3 Å². The average molecular weight is 456 g/mol. The molecule has 0 fully saturated rings. The molecule has 0 saturated carbocycles. The van der Waals surface area contributed by atoms with Gasteiger partial charge in [-0.3, -0.25) is 4.79 Å². The first-order valence-corrected chi connectivity index (χ1v) is 10.5. The second-order valence-corrected chi connectivity index (χ2v) is 7.54. The minimum atomic E-state index is -1.01. The van der Waals surface area contributed by atoms with E-state index in [4.69, 9.17) is 14.6 Å². The predicted molar refractivity (Wildman–Crippen MR) is 129 cm³/mol. The number of hydrogen-bond acceptors (Lipinski definition) is 5. The Morgan fingerprint density at radius 2 is 1.76 bits per heavy atom. The standard InChI is InChI=1S/C27H24N2O5/c1-17-6-4-8-23(18(17)2)29-26(30)22(15-28)14-21-7-5-9-24(33-3)25(21)34-16-19-10-12-20(13-11-19)27(31)32/h4-14H,16H2,1-3H3,(H,29,30)(H,31,32)/b22-14-. The number of nitrogens with zero attached hydrogens (tertiary/aromatic N) is 1. The van der Waals surface area contributed by atoms with Crippen LogP contribution in [-0.2, 0) is 11.4 Å². The summed E-state index contributed by atoms with van der Waals surface area (Å²) in [5.74, 6) is -0.746. The predicted octanol–water partition coefficient (Wildman–Crippen LogP) is 5.13. The topological polar surface area (TPSA) is 109 Å². The average Bonchev–Trinajstić information content (AvgIpc) is 2.84. The maximum atomic E-state index is 12.8. The van der Waals surface area contributed by atoms with Crippen molar-refractivity contribution in [1.29, 1.82) is 5.26 Å². The van der Waals surface area contributed by atoms with Crippen LogP contribution in [0.5, 0.6) is 11.5 Å². The van der Waals surface area contributed by atoms with Gasteiger partial charge in [-0.2, -0.15) is 5.26 Å². The molecule has 3 rings (SSSR count). The molecule has 0 radical (unpaired) electrons. The monoisotopic (exact) mass is 456 g/mol. The number of carboxylic acids is 1. The van der Waals surface area contributed by atoms with Crippen LogP contribution in [0.2, 0.25) is 0 Å². The molecule has 1 amide bonds. The minimum absolute atomic E-state index is 0.0928. The highest BCUT2D eigenvalue weighted by molar-refractivity contribution is 6.10. The Morgan fingerprint density at radius 1 is 1.06 bits per heavy atom. The molecule has 0 aromatic heterocycles. The molecular formula is C27H24N2O5. The molecule has 7 heteroatoms. The van der Waals surface area contributed by atoms with Crippen molar-refractivity contribution >= 4 is 23.6 Å². The van der Waals surface area contributed by atoms with Gasteiger partial charge in [0.1, 0.15) is 18.2 Å². The summed E-state index contributed by atoms with van der Waals surface area (Å²) < 4.78 is 11.4. The second kappa shape index (κ2) is 10.8. The number of carboxylic acid groups (broad SMARTS) is 1. The molecule has 0 aliphatic carbocycles. The normalized spacial score (nSPS) is 10.8. The summed E-state index contributed by atoms with van der Waals surface area (Å²) in [5.41, 5.74) is 3.92. The van der Waals surface area contributed by atoms with Crippen molar-refractivity contribution in [1.82, 2.24) is 0 Å². The van der Waals surface area contributed by atoms with Gasteiger partial charge in [0.15, 0.2) is 11.5 Å². The lowest BCUT2D eigenvalue weighted by Crippen LogP contribution is -2.14. The van der Waals surface area contributed by atoms with E-state index < -0.39 is 11.9 Å². The Balaban J connectivity index is 1.87. The number of aromatic carboxylic acids is 1. The van der Waals surface area contributed by atoms with Crippen LogP contribution in [0.25, 0.3) is 6.08 Å². The third-order valence-corrected chi connectivity index (χ3v) is 5.33. The van der Waals surface area contributed by atoms with Crippen LogP contribution in [0.1, 0.15) is 32.6 Å². The molecule has 0 aliphatic heterocycles. The number of para-hydroxylation sites is 1. The van der Waals surface area contributed by atoms with E-state index in [9.17, 15) is 14.9 Å². The van der Waals surface area contributed by atoms with Crippen LogP contribution in [0, 0.1) is 25.2 Å². The zero-order chi connectivity index (χ0) is 24.7. The van der Waals surface area contributed by atoms with Gasteiger partial charge in [-0.15, -0.1) is 0 Å². The molecule has 34 heavy (non-hydrogen) atoms. The molecule has 3 aromatic carbocycles. The number of ether oxygens (including phenoxy) is 2. The number of carbonyl (C=O) groups is 2. The van der Waals surface area contributed by atoms with Crippen molar-refractivity contribution in [2.75, 3.05) is 12.4 Å². The molecule has 2 N–H and O–H groups in total. The zero-order valence-electron chi connectivity index (χ0n) is 19.1. The largest absolute Gasteiger partial charge is 0.493 e. The summed E-state index contributed by atoms with van der Waals surface area (Å²) in [5, 5.41) is 21.5. The Morgan fingerprint density at radius 3 is 2.41 bits per heavy atom. The van der Waals surface area contributed by atoms with E-state index in [1.807, 2.05) is 32.0 Å². The highest BCUT2D eigenvalue weighted by Gasteiger charge is 2.15. The molecular weight excluding hydrogens is 432 g/mol. The number of hydrogen-bond donors (Lipinski definition) is 2. The Hall–Kier alpha value is -4.57. The number of rotatable bonds is 8. The van der Waals surface area contributed by atoms with Gasteiger partial charge >= 0.3 is 5.97 Å². The number of anilines is 1.